The van der Waals surface area contributed by atoms with Gasteiger partial charge in [0.25, 0.3) is 0 Å². The number of aromatic nitrogens is 3. The lowest BCUT2D eigenvalue weighted by molar-refractivity contribution is 0.628. The number of thioether (sulfide) groups is 1. The Hall–Kier alpha value is -2.34. The normalized spacial score (nSPS) is 10.7. The van der Waals surface area contributed by atoms with E-state index in [0.29, 0.717) is 6.54 Å². The number of benzene rings is 2. The highest BCUT2D eigenvalue weighted by Gasteiger charge is 2.13. The number of nitrogens with zero attached hydrogens (tertiary/aromatic N) is 3. The molecule has 0 fully saturated rings. The minimum atomic E-state index is -0.247. The molecule has 0 aliphatic rings. The molecule has 3 aromatic rings. The molecule has 2 aromatic carbocycles. The minimum absolute atomic E-state index is 0.247. The number of rotatable bonds is 5. The van der Waals surface area contributed by atoms with Crippen molar-refractivity contribution in [3.05, 3.63) is 65.7 Å². The Kier molecular flexibility index (Phi) is 4.62. The third kappa shape index (κ3) is 3.53. The van der Waals surface area contributed by atoms with Crippen LogP contribution >= 0.6 is 11.8 Å². The monoisotopic (exact) mass is 328 g/mol. The molecule has 6 heteroatoms. The summed E-state index contributed by atoms with van der Waals surface area (Å²) in [6.45, 7) is 2.56. The van der Waals surface area contributed by atoms with E-state index in [2.05, 4.69) is 46.7 Å². The number of aryl methyl sites for hydroxylation is 1. The summed E-state index contributed by atoms with van der Waals surface area (Å²) in [5.74, 6) is 0.561. The molecule has 1 N–H and O–H groups in total. The van der Waals surface area contributed by atoms with Crippen molar-refractivity contribution in [3.8, 4) is 5.69 Å². The van der Waals surface area contributed by atoms with E-state index in [0.717, 1.165) is 22.4 Å². The van der Waals surface area contributed by atoms with Crippen LogP contribution in [0.3, 0.4) is 0 Å². The first-order valence-corrected chi connectivity index (χ1v) is 8.44. The van der Waals surface area contributed by atoms with E-state index >= 15 is 0 Å². The molecule has 0 amide bonds. The average molecular weight is 328 g/mol. The van der Waals surface area contributed by atoms with Crippen molar-refractivity contribution in [2.24, 2.45) is 0 Å². The van der Waals surface area contributed by atoms with Crippen molar-refractivity contribution in [2.75, 3.05) is 11.6 Å². The lowest BCUT2D eigenvalue weighted by Crippen LogP contribution is -2.08. The van der Waals surface area contributed by atoms with Crippen LogP contribution in [0.15, 0.2) is 53.7 Å². The molecule has 0 atom stereocenters. The molecular weight excluding hydrogens is 311 g/mol. The Labute approximate surface area is 138 Å². The standard InChI is InChI=1S/C17H17FN4S/c1-12-3-9-15(10-4-12)22-16(20-21-17(22)23-2)11-19-14-7-5-13(18)6-8-14/h3-10,19H,11H2,1-2H3. The van der Waals surface area contributed by atoms with Gasteiger partial charge in [-0.15, -0.1) is 10.2 Å². The number of hydrogen-bond donors (Lipinski definition) is 1. The Balaban J connectivity index is 1.86. The van der Waals surface area contributed by atoms with Gasteiger partial charge in [0.15, 0.2) is 11.0 Å². The van der Waals surface area contributed by atoms with Crippen molar-refractivity contribution in [2.45, 2.75) is 18.6 Å². The topological polar surface area (TPSA) is 42.7 Å². The van der Waals surface area contributed by atoms with Crippen molar-refractivity contribution >= 4 is 17.4 Å². The van der Waals surface area contributed by atoms with Crippen molar-refractivity contribution in [1.82, 2.24) is 14.8 Å². The molecule has 1 aromatic heterocycles. The van der Waals surface area contributed by atoms with Gasteiger partial charge in [-0.05, 0) is 49.6 Å². The summed E-state index contributed by atoms with van der Waals surface area (Å²) in [7, 11) is 0. The summed E-state index contributed by atoms with van der Waals surface area (Å²) in [5.41, 5.74) is 3.08. The Morgan fingerprint density at radius 3 is 2.39 bits per heavy atom. The lowest BCUT2D eigenvalue weighted by atomic mass is 10.2. The molecule has 0 unspecified atom stereocenters. The van der Waals surface area contributed by atoms with Gasteiger partial charge in [-0.3, -0.25) is 4.57 Å². The van der Waals surface area contributed by atoms with E-state index in [1.165, 1.54) is 17.7 Å². The zero-order valence-electron chi connectivity index (χ0n) is 13.0. The Morgan fingerprint density at radius 2 is 1.74 bits per heavy atom. The van der Waals surface area contributed by atoms with Crippen molar-refractivity contribution in [3.63, 3.8) is 0 Å². The first-order valence-electron chi connectivity index (χ1n) is 7.22. The fraction of sp³-hybridized carbons (Fsp3) is 0.176. The van der Waals surface area contributed by atoms with Crippen LogP contribution in [-0.2, 0) is 6.54 Å². The predicted molar refractivity (Wildman–Crippen MR) is 91.6 cm³/mol. The highest BCUT2D eigenvalue weighted by atomic mass is 32.2. The maximum Gasteiger partial charge on any atom is 0.195 e. The van der Waals surface area contributed by atoms with Gasteiger partial charge >= 0.3 is 0 Å². The molecule has 23 heavy (non-hydrogen) atoms. The van der Waals surface area contributed by atoms with Gasteiger partial charge in [0.2, 0.25) is 0 Å². The quantitative estimate of drug-likeness (QED) is 0.718. The smallest absolute Gasteiger partial charge is 0.195 e. The van der Waals surface area contributed by atoms with Crippen LogP contribution in [0.1, 0.15) is 11.4 Å². The molecule has 0 radical (unpaired) electrons. The van der Waals surface area contributed by atoms with Crippen LogP contribution in [-0.4, -0.2) is 21.0 Å². The van der Waals surface area contributed by atoms with E-state index in [-0.39, 0.29) is 5.82 Å². The second-order valence-corrected chi connectivity index (χ2v) is 5.91. The predicted octanol–water partition coefficient (Wildman–Crippen LogP) is 4.05. The maximum absolute atomic E-state index is 13.0. The highest BCUT2D eigenvalue weighted by molar-refractivity contribution is 7.98. The summed E-state index contributed by atoms with van der Waals surface area (Å²) in [4.78, 5) is 0. The number of anilines is 1. The van der Waals surface area contributed by atoms with Crippen molar-refractivity contribution < 1.29 is 4.39 Å². The third-order valence-corrected chi connectivity index (χ3v) is 4.10. The molecule has 3 rings (SSSR count). The summed E-state index contributed by atoms with van der Waals surface area (Å²) in [5, 5.41) is 12.6. The summed E-state index contributed by atoms with van der Waals surface area (Å²) >= 11 is 1.55. The van der Waals surface area contributed by atoms with Crippen LogP contribution in [0, 0.1) is 12.7 Å². The summed E-state index contributed by atoms with van der Waals surface area (Å²) < 4.78 is 15.0. The zero-order chi connectivity index (χ0) is 16.2. The van der Waals surface area contributed by atoms with Gasteiger partial charge in [0.1, 0.15) is 5.82 Å². The molecule has 1 heterocycles. The maximum atomic E-state index is 13.0. The molecule has 0 aliphatic heterocycles. The van der Waals surface area contributed by atoms with Crippen LogP contribution < -0.4 is 5.32 Å². The Bertz CT molecular complexity index is 781. The van der Waals surface area contributed by atoms with Crippen molar-refractivity contribution in [1.29, 1.82) is 0 Å². The van der Waals surface area contributed by atoms with Gasteiger partial charge in [-0.25, -0.2) is 4.39 Å². The SMILES string of the molecule is CSc1nnc(CNc2ccc(F)cc2)n1-c1ccc(C)cc1. The molecular formula is C17H17FN4S. The largest absolute Gasteiger partial charge is 0.378 e. The van der Waals surface area contributed by atoms with Gasteiger partial charge in [-0.1, -0.05) is 29.5 Å². The fourth-order valence-electron chi connectivity index (χ4n) is 2.25. The van der Waals surface area contributed by atoms with Gasteiger partial charge in [0.05, 0.1) is 6.54 Å². The lowest BCUT2D eigenvalue weighted by Gasteiger charge is -2.11. The highest BCUT2D eigenvalue weighted by Crippen LogP contribution is 2.21. The second-order valence-electron chi connectivity index (χ2n) is 5.13. The van der Waals surface area contributed by atoms with Crippen LogP contribution in [0.5, 0.6) is 0 Å². The van der Waals surface area contributed by atoms with Crippen LogP contribution in [0.4, 0.5) is 10.1 Å². The first-order chi connectivity index (χ1) is 11.2. The fourth-order valence-corrected chi connectivity index (χ4v) is 2.76. The molecule has 0 saturated carbocycles. The number of halogens is 1. The number of hydrogen-bond acceptors (Lipinski definition) is 4. The third-order valence-electron chi connectivity index (χ3n) is 3.47. The van der Waals surface area contributed by atoms with E-state index in [1.54, 1.807) is 23.9 Å². The van der Waals surface area contributed by atoms with Crippen LogP contribution in [0.25, 0.3) is 5.69 Å². The van der Waals surface area contributed by atoms with Gasteiger partial charge < -0.3 is 5.32 Å². The molecule has 4 nitrogen and oxygen atoms in total. The van der Waals surface area contributed by atoms with Crippen LogP contribution in [0.2, 0.25) is 0 Å². The molecule has 0 spiro atoms. The van der Waals surface area contributed by atoms with Gasteiger partial charge in [-0.2, -0.15) is 0 Å². The molecule has 0 saturated heterocycles. The molecule has 0 aliphatic carbocycles. The van der Waals surface area contributed by atoms with E-state index < -0.39 is 0 Å². The van der Waals surface area contributed by atoms with E-state index in [1.807, 2.05) is 10.8 Å². The second kappa shape index (κ2) is 6.83. The molecule has 0 bridgehead atoms. The average Bonchev–Trinajstić information content (AvgIpc) is 2.98. The Morgan fingerprint density at radius 1 is 1.04 bits per heavy atom. The first kappa shape index (κ1) is 15.6. The summed E-state index contributed by atoms with van der Waals surface area (Å²) in [6, 6.07) is 14.5. The zero-order valence-corrected chi connectivity index (χ0v) is 13.8. The minimum Gasteiger partial charge on any atom is -0.378 e. The number of nitrogens with one attached hydrogen (secondary N) is 1. The van der Waals surface area contributed by atoms with E-state index in [9.17, 15) is 4.39 Å². The molecule has 118 valence electrons. The van der Waals surface area contributed by atoms with Gasteiger partial charge in [0, 0.05) is 11.4 Å². The summed E-state index contributed by atoms with van der Waals surface area (Å²) in [6.07, 6.45) is 1.98. The van der Waals surface area contributed by atoms with E-state index in [4.69, 9.17) is 0 Å².